The van der Waals surface area contributed by atoms with Crippen LogP contribution in [0.4, 0.5) is 0 Å². The Morgan fingerprint density at radius 2 is 2.26 bits per heavy atom. The Bertz CT molecular complexity index is 526. The topological polar surface area (TPSA) is 62.4 Å². The molecule has 0 bridgehead atoms. The average Bonchev–Trinajstić information content (AvgIpc) is 3.02. The van der Waals surface area contributed by atoms with Crippen LogP contribution in [0.5, 0.6) is 0 Å². The van der Waals surface area contributed by atoms with E-state index >= 15 is 0 Å². The summed E-state index contributed by atoms with van der Waals surface area (Å²) in [6, 6.07) is 3.96. The molecule has 3 heterocycles. The third-order valence-electron chi connectivity index (χ3n) is 3.50. The largest absolute Gasteiger partial charge is 0.390 e. The number of aromatic nitrogens is 2. The first-order chi connectivity index (χ1) is 9.12. The third-order valence-corrected chi connectivity index (χ3v) is 4.37. The van der Waals surface area contributed by atoms with Gasteiger partial charge in [0.15, 0.2) is 0 Å². The number of nitrogens with zero attached hydrogens (tertiary/aromatic N) is 3. The molecule has 102 valence electrons. The van der Waals surface area contributed by atoms with Gasteiger partial charge in [0.2, 0.25) is 11.7 Å². The third kappa shape index (κ3) is 3.02. The molecule has 6 heteroatoms. The molecule has 0 saturated carbocycles. The molecule has 0 aromatic carbocycles. The van der Waals surface area contributed by atoms with E-state index in [1.165, 1.54) is 0 Å². The molecule has 1 N–H and O–H groups in total. The molecule has 0 spiro atoms. The maximum Gasteiger partial charge on any atom is 0.241 e. The van der Waals surface area contributed by atoms with Crippen LogP contribution in [-0.2, 0) is 6.54 Å². The predicted molar refractivity (Wildman–Crippen MR) is 72.7 cm³/mol. The number of piperidine rings is 1. The maximum absolute atomic E-state index is 9.91. The molecule has 19 heavy (non-hydrogen) atoms. The van der Waals surface area contributed by atoms with E-state index in [0.717, 1.165) is 30.8 Å². The van der Waals surface area contributed by atoms with Gasteiger partial charge in [0.1, 0.15) is 0 Å². The molecule has 0 amide bonds. The fourth-order valence-electron chi connectivity index (χ4n) is 2.21. The van der Waals surface area contributed by atoms with Crippen molar-refractivity contribution < 1.29 is 9.63 Å². The van der Waals surface area contributed by atoms with E-state index in [9.17, 15) is 5.11 Å². The Kier molecular flexibility index (Phi) is 3.38. The highest BCUT2D eigenvalue weighted by Crippen LogP contribution is 2.24. The van der Waals surface area contributed by atoms with Gasteiger partial charge in [0.05, 0.1) is 17.0 Å². The second-order valence-electron chi connectivity index (χ2n) is 5.26. The molecule has 0 atom stereocenters. The zero-order chi connectivity index (χ0) is 13.3. The van der Waals surface area contributed by atoms with Crippen molar-refractivity contribution in [2.24, 2.45) is 0 Å². The molecule has 1 saturated heterocycles. The van der Waals surface area contributed by atoms with E-state index < -0.39 is 5.60 Å². The van der Waals surface area contributed by atoms with Crippen LogP contribution in [0.3, 0.4) is 0 Å². The number of rotatable bonds is 3. The lowest BCUT2D eigenvalue weighted by molar-refractivity contribution is -0.00944. The van der Waals surface area contributed by atoms with Gasteiger partial charge < -0.3 is 9.63 Å². The van der Waals surface area contributed by atoms with E-state index in [0.29, 0.717) is 18.3 Å². The molecular formula is C13H17N3O2S. The van der Waals surface area contributed by atoms with E-state index in [1.807, 2.05) is 24.4 Å². The van der Waals surface area contributed by atoms with Crippen molar-refractivity contribution >= 4 is 11.3 Å². The Morgan fingerprint density at radius 3 is 2.95 bits per heavy atom. The molecule has 3 rings (SSSR count). The number of hydrogen-bond acceptors (Lipinski definition) is 6. The lowest BCUT2D eigenvalue weighted by atomic mass is 9.94. The highest BCUT2D eigenvalue weighted by molar-refractivity contribution is 7.13. The standard InChI is InChI=1S/C13H17N3O2S/c1-13(17)4-6-16(7-5-13)9-11-14-12(15-18-11)10-3-2-8-19-10/h2-3,8,17H,4-7,9H2,1H3. The van der Waals surface area contributed by atoms with Gasteiger partial charge in [-0.25, -0.2) is 0 Å². The van der Waals surface area contributed by atoms with Crippen molar-refractivity contribution in [3.63, 3.8) is 0 Å². The molecule has 0 unspecified atom stereocenters. The first-order valence-corrected chi connectivity index (χ1v) is 7.32. The minimum absolute atomic E-state index is 0.520. The summed E-state index contributed by atoms with van der Waals surface area (Å²) in [4.78, 5) is 7.68. The van der Waals surface area contributed by atoms with E-state index in [4.69, 9.17) is 4.52 Å². The summed E-state index contributed by atoms with van der Waals surface area (Å²) in [5.74, 6) is 1.30. The Morgan fingerprint density at radius 1 is 1.47 bits per heavy atom. The average molecular weight is 279 g/mol. The summed E-state index contributed by atoms with van der Waals surface area (Å²) in [5, 5.41) is 15.9. The van der Waals surface area contributed by atoms with Crippen molar-refractivity contribution in [3.05, 3.63) is 23.4 Å². The Balaban J connectivity index is 1.62. The van der Waals surface area contributed by atoms with Crippen molar-refractivity contribution in [2.45, 2.75) is 31.9 Å². The number of aliphatic hydroxyl groups is 1. The van der Waals surface area contributed by atoms with Crippen LogP contribution in [0.15, 0.2) is 22.0 Å². The Hall–Kier alpha value is -1.24. The first-order valence-electron chi connectivity index (χ1n) is 6.44. The van der Waals surface area contributed by atoms with Gasteiger partial charge in [0, 0.05) is 13.1 Å². The fraction of sp³-hybridized carbons (Fsp3) is 0.538. The van der Waals surface area contributed by atoms with E-state index in [2.05, 4.69) is 15.0 Å². The maximum atomic E-state index is 9.91. The lowest BCUT2D eigenvalue weighted by Gasteiger charge is -2.34. The summed E-state index contributed by atoms with van der Waals surface area (Å²) in [7, 11) is 0. The Labute approximate surface area is 115 Å². The van der Waals surface area contributed by atoms with Gasteiger partial charge in [-0.2, -0.15) is 4.98 Å². The highest BCUT2D eigenvalue weighted by Gasteiger charge is 2.28. The smallest absolute Gasteiger partial charge is 0.241 e. The molecule has 1 aliphatic heterocycles. The number of hydrogen-bond donors (Lipinski definition) is 1. The monoisotopic (exact) mass is 279 g/mol. The van der Waals surface area contributed by atoms with Crippen LogP contribution in [-0.4, -0.2) is 38.8 Å². The normalized spacial score (nSPS) is 19.7. The molecule has 2 aromatic rings. The minimum atomic E-state index is -0.520. The van der Waals surface area contributed by atoms with Gasteiger partial charge in [-0.1, -0.05) is 11.2 Å². The number of thiophene rings is 1. The second kappa shape index (κ2) is 5.03. The summed E-state index contributed by atoms with van der Waals surface area (Å²) >= 11 is 1.60. The van der Waals surface area contributed by atoms with Crippen molar-refractivity contribution in [3.8, 4) is 10.7 Å². The minimum Gasteiger partial charge on any atom is -0.390 e. The first kappa shape index (κ1) is 12.8. The second-order valence-corrected chi connectivity index (χ2v) is 6.21. The van der Waals surface area contributed by atoms with Gasteiger partial charge in [-0.3, -0.25) is 4.90 Å². The van der Waals surface area contributed by atoms with Crippen LogP contribution in [0, 0.1) is 0 Å². The lowest BCUT2D eigenvalue weighted by Crippen LogP contribution is -2.42. The van der Waals surface area contributed by atoms with Gasteiger partial charge in [-0.05, 0) is 31.2 Å². The van der Waals surface area contributed by atoms with Crippen LogP contribution < -0.4 is 0 Å². The van der Waals surface area contributed by atoms with Crippen LogP contribution in [0.25, 0.3) is 10.7 Å². The predicted octanol–water partition coefficient (Wildman–Crippen LogP) is 2.14. The van der Waals surface area contributed by atoms with Crippen LogP contribution in [0.2, 0.25) is 0 Å². The molecule has 1 fully saturated rings. The summed E-state index contributed by atoms with van der Waals surface area (Å²) in [5.41, 5.74) is -0.520. The molecule has 0 aliphatic carbocycles. The number of likely N-dealkylation sites (tertiary alicyclic amines) is 1. The van der Waals surface area contributed by atoms with E-state index in [-0.39, 0.29) is 0 Å². The molecule has 2 aromatic heterocycles. The van der Waals surface area contributed by atoms with Crippen molar-refractivity contribution in [1.29, 1.82) is 0 Å². The fourth-order valence-corrected chi connectivity index (χ4v) is 2.86. The zero-order valence-electron chi connectivity index (χ0n) is 10.9. The highest BCUT2D eigenvalue weighted by atomic mass is 32.1. The van der Waals surface area contributed by atoms with Crippen molar-refractivity contribution in [1.82, 2.24) is 15.0 Å². The van der Waals surface area contributed by atoms with Gasteiger partial charge in [0.25, 0.3) is 0 Å². The molecular weight excluding hydrogens is 262 g/mol. The zero-order valence-corrected chi connectivity index (χ0v) is 11.7. The summed E-state index contributed by atoms with van der Waals surface area (Å²) < 4.78 is 5.28. The summed E-state index contributed by atoms with van der Waals surface area (Å²) in [6.45, 7) is 4.29. The molecule has 5 nitrogen and oxygen atoms in total. The van der Waals surface area contributed by atoms with Crippen molar-refractivity contribution in [2.75, 3.05) is 13.1 Å². The quantitative estimate of drug-likeness (QED) is 0.932. The molecule has 0 radical (unpaired) electrons. The SMILES string of the molecule is CC1(O)CCN(Cc2nc(-c3cccs3)no2)CC1. The molecule has 1 aliphatic rings. The van der Waals surface area contributed by atoms with Gasteiger partial charge >= 0.3 is 0 Å². The van der Waals surface area contributed by atoms with E-state index in [1.54, 1.807) is 11.3 Å². The van der Waals surface area contributed by atoms with Crippen LogP contribution >= 0.6 is 11.3 Å². The summed E-state index contributed by atoms with van der Waals surface area (Å²) in [6.07, 6.45) is 1.58. The van der Waals surface area contributed by atoms with Crippen LogP contribution in [0.1, 0.15) is 25.7 Å². The van der Waals surface area contributed by atoms with Gasteiger partial charge in [-0.15, -0.1) is 11.3 Å².